The summed E-state index contributed by atoms with van der Waals surface area (Å²) in [6, 6.07) is 5.73. The van der Waals surface area contributed by atoms with Gasteiger partial charge in [0.05, 0.1) is 12.4 Å². The smallest absolute Gasteiger partial charge is 0.239 e. The molecular weight excluding hydrogens is 291 g/mol. The average molecular weight is 300 g/mol. The molecule has 1 aromatic carbocycles. The maximum Gasteiger partial charge on any atom is 0.239 e. The Hall–Kier alpha value is -1.13. The molecule has 1 aromatic heterocycles. The molecular formula is C11H8BrClN2O. The van der Waals surface area contributed by atoms with Crippen molar-refractivity contribution in [1.82, 2.24) is 9.97 Å². The van der Waals surface area contributed by atoms with Gasteiger partial charge < -0.3 is 4.74 Å². The van der Waals surface area contributed by atoms with Gasteiger partial charge in [0.1, 0.15) is 5.75 Å². The van der Waals surface area contributed by atoms with Crippen molar-refractivity contribution < 1.29 is 4.74 Å². The lowest BCUT2D eigenvalue weighted by atomic mass is 10.2. The number of ether oxygens (including phenoxy) is 1. The van der Waals surface area contributed by atoms with E-state index in [1.54, 1.807) is 0 Å². The molecule has 0 saturated carbocycles. The maximum absolute atomic E-state index is 5.71. The van der Waals surface area contributed by atoms with Crippen LogP contribution in [0.3, 0.4) is 0 Å². The highest BCUT2D eigenvalue weighted by Crippen LogP contribution is 2.26. The number of hydrogen-bond donors (Lipinski definition) is 0. The van der Waals surface area contributed by atoms with E-state index >= 15 is 0 Å². The molecule has 82 valence electrons. The summed E-state index contributed by atoms with van der Waals surface area (Å²) in [6.45, 7) is 1.96. The van der Waals surface area contributed by atoms with Gasteiger partial charge in [0.15, 0.2) is 5.15 Å². The van der Waals surface area contributed by atoms with Crippen molar-refractivity contribution in [3.8, 4) is 11.6 Å². The SMILES string of the molecule is Cc1cc(Br)ccc1Oc1cncc(Cl)n1. The molecule has 0 aliphatic carbocycles. The van der Waals surface area contributed by atoms with Crippen molar-refractivity contribution in [3.05, 3.63) is 45.8 Å². The Morgan fingerprint density at radius 2 is 2.12 bits per heavy atom. The summed E-state index contributed by atoms with van der Waals surface area (Å²) in [5, 5.41) is 0.312. The fourth-order valence-electron chi connectivity index (χ4n) is 1.21. The van der Waals surface area contributed by atoms with Gasteiger partial charge >= 0.3 is 0 Å². The molecule has 2 aromatic rings. The predicted octanol–water partition coefficient (Wildman–Crippen LogP) is 3.99. The highest BCUT2D eigenvalue weighted by atomic mass is 79.9. The molecule has 0 bridgehead atoms. The van der Waals surface area contributed by atoms with E-state index in [-0.39, 0.29) is 0 Å². The molecule has 0 saturated heterocycles. The van der Waals surface area contributed by atoms with E-state index in [0.29, 0.717) is 11.0 Å². The molecule has 16 heavy (non-hydrogen) atoms. The Morgan fingerprint density at radius 1 is 1.31 bits per heavy atom. The summed E-state index contributed by atoms with van der Waals surface area (Å²) in [7, 11) is 0. The number of nitrogens with zero attached hydrogens (tertiary/aromatic N) is 2. The molecule has 1 heterocycles. The summed E-state index contributed by atoms with van der Waals surface area (Å²) >= 11 is 9.10. The summed E-state index contributed by atoms with van der Waals surface area (Å²) in [5.41, 5.74) is 1.01. The van der Waals surface area contributed by atoms with Gasteiger partial charge in [0, 0.05) is 4.47 Å². The van der Waals surface area contributed by atoms with Gasteiger partial charge in [-0.15, -0.1) is 0 Å². The van der Waals surface area contributed by atoms with Gasteiger partial charge in [-0.25, -0.2) is 0 Å². The molecule has 0 unspecified atom stereocenters. The summed E-state index contributed by atoms with van der Waals surface area (Å²) in [4.78, 5) is 7.90. The zero-order chi connectivity index (χ0) is 11.5. The van der Waals surface area contributed by atoms with E-state index in [4.69, 9.17) is 16.3 Å². The van der Waals surface area contributed by atoms with Crippen molar-refractivity contribution in [1.29, 1.82) is 0 Å². The lowest BCUT2D eigenvalue weighted by Gasteiger charge is -2.07. The minimum absolute atomic E-state index is 0.312. The first-order valence-electron chi connectivity index (χ1n) is 4.57. The number of aromatic nitrogens is 2. The van der Waals surface area contributed by atoms with E-state index in [0.717, 1.165) is 15.8 Å². The minimum atomic E-state index is 0.312. The van der Waals surface area contributed by atoms with Gasteiger partial charge in [-0.05, 0) is 30.7 Å². The van der Waals surface area contributed by atoms with Crippen molar-refractivity contribution in [2.24, 2.45) is 0 Å². The lowest BCUT2D eigenvalue weighted by molar-refractivity contribution is 0.457. The quantitative estimate of drug-likeness (QED) is 0.841. The van der Waals surface area contributed by atoms with E-state index in [9.17, 15) is 0 Å². The van der Waals surface area contributed by atoms with Crippen molar-refractivity contribution in [2.75, 3.05) is 0 Å². The number of hydrogen-bond acceptors (Lipinski definition) is 3. The van der Waals surface area contributed by atoms with E-state index in [2.05, 4.69) is 25.9 Å². The van der Waals surface area contributed by atoms with Gasteiger partial charge in [-0.3, -0.25) is 4.98 Å². The highest BCUT2D eigenvalue weighted by molar-refractivity contribution is 9.10. The zero-order valence-corrected chi connectivity index (χ0v) is 10.8. The second-order valence-corrected chi connectivity index (χ2v) is 4.49. The van der Waals surface area contributed by atoms with Gasteiger partial charge in [0.25, 0.3) is 0 Å². The minimum Gasteiger partial charge on any atom is -0.437 e. The molecule has 0 radical (unpaired) electrons. The maximum atomic E-state index is 5.71. The monoisotopic (exact) mass is 298 g/mol. The second kappa shape index (κ2) is 4.80. The van der Waals surface area contributed by atoms with E-state index in [1.807, 2.05) is 25.1 Å². The van der Waals surface area contributed by atoms with Crippen LogP contribution in [0.1, 0.15) is 5.56 Å². The van der Waals surface area contributed by atoms with Crippen LogP contribution in [0, 0.1) is 6.92 Å². The van der Waals surface area contributed by atoms with Crippen LogP contribution in [0.4, 0.5) is 0 Å². The Balaban J connectivity index is 2.27. The third-order valence-corrected chi connectivity index (χ3v) is 2.61. The fraction of sp³-hybridized carbons (Fsp3) is 0.0909. The third kappa shape index (κ3) is 2.71. The van der Waals surface area contributed by atoms with E-state index < -0.39 is 0 Å². The van der Waals surface area contributed by atoms with Crippen LogP contribution in [0.5, 0.6) is 11.6 Å². The molecule has 0 fully saturated rings. The molecule has 0 atom stereocenters. The van der Waals surface area contributed by atoms with Gasteiger partial charge in [-0.2, -0.15) is 4.98 Å². The first-order valence-corrected chi connectivity index (χ1v) is 5.74. The summed E-state index contributed by atoms with van der Waals surface area (Å²) in [5.74, 6) is 1.12. The van der Waals surface area contributed by atoms with Crippen molar-refractivity contribution >= 4 is 27.5 Å². The first-order chi connectivity index (χ1) is 7.65. The van der Waals surface area contributed by atoms with Crippen LogP contribution in [-0.4, -0.2) is 9.97 Å². The van der Waals surface area contributed by atoms with Crippen LogP contribution in [0.15, 0.2) is 35.1 Å². The van der Waals surface area contributed by atoms with Crippen LogP contribution in [-0.2, 0) is 0 Å². The first kappa shape index (κ1) is 11.4. The number of aryl methyl sites for hydroxylation is 1. The lowest BCUT2D eigenvalue weighted by Crippen LogP contribution is -1.91. The predicted molar refractivity (Wildman–Crippen MR) is 66.0 cm³/mol. The van der Waals surface area contributed by atoms with Crippen LogP contribution < -0.4 is 4.74 Å². The van der Waals surface area contributed by atoms with Crippen LogP contribution in [0.2, 0.25) is 5.15 Å². The van der Waals surface area contributed by atoms with Crippen LogP contribution >= 0.6 is 27.5 Å². The van der Waals surface area contributed by atoms with Crippen LogP contribution in [0.25, 0.3) is 0 Å². The van der Waals surface area contributed by atoms with Crippen molar-refractivity contribution in [3.63, 3.8) is 0 Å². The largest absolute Gasteiger partial charge is 0.437 e. The molecule has 2 rings (SSSR count). The van der Waals surface area contributed by atoms with Gasteiger partial charge in [0.2, 0.25) is 5.88 Å². The molecule has 0 N–H and O–H groups in total. The average Bonchev–Trinajstić information content (AvgIpc) is 2.22. The summed E-state index contributed by atoms with van der Waals surface area (Å²) in [6.07, 6.45) is 2.98. The second-order valence-electron chi connectivity index (χ2n) is 3.19. The molecule has 0 spiro atoms. The molecule has 3 nitrogen and oxygen atoms in total. The summed E-state index contributed by atoms with van der Waals surface area (Å²) < 4.78 is 6.57. The van der Waals surface area contributed by atoms with Gasteiger partial charge in [-0.1, -0.05) is 27.5 Å². The Labute approximate surface area is 107 Å². The standard InChI is InChI=1S/C11H8BrClN2O/c1-7-4-8(12)2-3-9(7)16-11-6-14-5-10(13)15-11/h2-6H,1H3. The topological polar surface area (TPSA) is 35.0 Å². The zero-order valence-electron chi connectivity index (χ0n) is 8.45. The van der Waals surface area contributed by atoms with Crippen molar-refractivity contribution in [2.45, 2.75) is 6.92 Å². The Kier molecular flexibility index (Phi) is 3.41. The third-order valence-electron chi connectivity index (χ3n) is 1.93. The molecule has 0 aliphatic heterocycles. The fourth-order valence-corrected chi connectivity index (χ4v) is 1.83. The number of benzene rings is 1. The normalized spacial score (nSPS) is 10.2. The molecule has 0 aliphatic rings. The highest BCUT2D eigenvalue weighted by Gasteiger charge is 2.03. The number of rotatable bonds is 2. The number of halogens is 2. The molecule has 5 heteroatoms. The Bertz CT molecular complexity index is 519. The van der Waals surface area contributed by atoms with E-state index in [1.165, 1.54) is 12.4 Å². The molecule has 0 amide bonds. The Morgan fingerprint density at radius 3 is 2.81 bits per heavy atom.